The molecule has 0 unspecified atom stereocenters. The van der Waals surface area contributed by atoms with Crippen LogP contribution in [0.1, 0.15) is 0 Å². The Hall–Kier alpha value is -0.0375. The van der Waals surface area contributed by atoms with Crippen LogP contribution < -0.4 is 0 Å². The Kier molecular flexibility index (Phi) is 13.8. The van der Waals surface area contributed by atoms with E-state index in [1.807, 2.05) is 5.79 Å². The molecule has 0 spiro atoms. The summed E-state index contributed by atoms with van der Waals surface area (Å²) in [5, 5.41) is 0. The van der Waals surface area contributed by atoms with Crippen molar-refractivity contribution in [2.24, 2.45) is 0 Å². The smallest absolute Gasteiger partial charge is 0.521 e. The molecule has 3 nitrogen and oxygen atoms in total. The van der Waals surface area contributed by atoms with Gasteiger partial charge >= 0.3 is 15.6 Å². The van der Waals surface area contributed by atoms with Gasteiger partial charge < -0.3 is 9.26 Å². The van der Waals surface area contributed by atoms with Crippen LogP contribution in [0.25, 0.3) is 0 Å². The SMILES string of the molecule is O.[CH3][Al][O]C=O. The van der Waals surface area contributed by atoms with Crippen LogP contribution in [-0.4, -0.2) is 27.5 Å². The molecule has 0 aromatic rings. The van der Waals surface area contributed by atoms with E-state index in [0.717, 1.165) is 0 Å². The molecule has 0 bridgehead atoms. The van der Waals surface area contributed by atoms with E-state index in [9.17, 15) is 4.79 Å². The minimum Gasteiger partial charge on any atom is -0.624 e. The molecule has 0 aliphatic heterocycles. The number of carbonyl (C=O) groups is 1. The fourth-order valence-corrected chi connectivity index (χ4v) is 0.167. The summed E-state index contributed by atoms with van der Waals surface area (Å²) in [7, 11) is 0. The van der Waals surface area contributed by atoms with Crippen LogP contribution in [0, 0.1) is 0 Å². The monoisotopic (exact) mass is 105 g/mol. The summed E-state index contributed by atoms with van der Waals surface area (Å²) < 4.78 is 4.24. The summed E-state index contributed by atoms with van der Waals surface area (Å²) in [6.07, 6.45) is 0. The molecule has 0 fully saturated rings. The van der Waals surface area contributed by atoms with Gasteiger partial charge in [0.15, 0.2) is 0 Å². The number of rotatable bonds is 2. The average molecular weight is 105 g/mol. The van der Waals surface area contributed by atoms with Crippen molar-refractivity contribution in [2.75, 3.05) is 0 Å². The molecular weight excluding hydrogens is 99.0 g/mol. The molecule has 0 heterocycles. The predicted molar refractivity (Wildman–Crippen MR) is 22.4 cm³/mol. The zero-order chi connectivity index (χ0) is 4.12. The topological polar surface area (TPSA) is 57.8 Å². The molecule has 0 saturated heterocycles. The third-order valence-electron chi connectivity index (χ3n) is 0.192. The summed E-state index contributed by atoms with van der Waals surface area (Å²) in [6.45, 7) is 0.468. The Labute approximate surface area is 42.7 Å². The summed E-state index contributed by atoms with van der Waals surface area (Å²) in [4.78, 5) is 9.20. The van der Waals surface area contributed by atoms with Crippen LogP contribution in [-0.2, 0) is 8.58 Å². The van der Waals surface area contributed by atoms with Crippen molar-refractivity contribution in [1.82, 2.24) is 0 Å². The molecule has 1 radical (unpaired) electrons. The lowest BCUT2D eigenvalue weighted by molar-refractivity contribution is -0.120. The molecule has 6 heavy (non-hydrogen) atoms. The highest BCUT2D eigenvalue weighted by Gasteiger charge is 1.73. The lowest BCUT2D eigenvalue weighted by Gasteiger charge is -1.79. The van der Waals surface area contributed by atoms with Crippen molar-refractivity contribution in [3.05, 3.63) is 0 Å². The largest absolute Gasteiger partial charge is 0.624 e. The molecule has 4 heteroatoms. The Balaban J connectivity index is 0. The molecule has 2 N–H and O–H groups in total. The van der Waals surface area contributed by atoms with Crippen LogP contribution in [0.2, 0.25) is 5.79 Å². The zero-order valence-corrected chi connectivity index (χ0v) is 4.63. The molecule has 0 amide bonds. The highest BCUT2D eigenvalue weighted by molar-refractivity contribution is 6.27. The second-order valence-electron chi connectivity index (χ2n) is 0.468. The number of hydrogen-bond acceptors (Lipinski definition) is 2. The minimum absolute atomic E-state index is 0. The van der Waals surface area contributed by atoms with Gasteiger partial charge in [-0.3, -0.25) is 4.79 Å². The Bertz CT molecular complexity index is 30.0. The summed E-state index contributed by atoms with van der Waals surface area (Å²) in [5.41, 5.74) is 0. The van der Waals surface area contributed by atoms with Gasteiger partial charge in [0.1, 0.15) is 0 Å². The van der Waals surface area contributed by atoms with Crippen molar-refractivity contribution >= 4 is 22.0 Å². The third-order valence-corrected chi connectivity index (χ3v) is 0.575. The van der Waals surface area contributed by atoms with Crippen LogP contribution in [0.4, 0.5) is 0 Å². The second-order valence-corrected chi connectivity index (χ2v) is 1.21. The molecule has 0 saturated carbocycles. The fraction of sp³-hybridized carbons (Fsp3) is 0.500. The van der Waals surface area contributed by atoms with E-state index >= 15 is 0 Å². The normalized spacial score (nSPS) is 4.83. The van der Waals surface area contributed by atoms with Crippen LogP contribution in [0.5, 0.6) is 0 Å². The average Bonchev–Trinajstić information content (AvgIpc) is 1.41. The Morgan fingerprint density at radius 3 is 2.33 bits per heavy atom. The van der Waals surface area contributed by atoms with Gasteiger partial charge in [0.05, 0.1) is 0 Å². The predicted octanol–water partition coefficient (Wildman–Crippen LogP) is -0.998. The van der Waals surface area contributed by atoms with Gasteiger partial charge in [-0.15, -0.1) is 0 Å². The van der Waals surface area contributed by atoms with E-state index in [1.54, 1.807) is 0 Å². The first-order valence-corrected chi connectivity index (χ1v) is 2.91. The van der Waals surface area contributed by atoms with Gasteiger partial charge in [-0.2, -0.15) is 0 Å². The molecule has 0 atom stereocenters. The molecule has 0 aliphatic rings. The third kappa shape index (κ3) is 9.03. The Morgan fingerprint density at radius 1 is 1.83 bits per heavy atom. The first-order chi connectivity index (χ1) is 2.41. The fourth-order valence-electron chi connectivity index (χ4n) is 0.0556. The first kappa shape index (κ1) is 9.35. The van der Waals surface area contributed by atoms with E-state index in [2.05, 4.69) is 3.79 Å². The van der Waals surface area contributed by atoms with Gasteiger partial charge in [0.25, 0.3) is 6.47 Å². The van der Waals surface area contributed by atoms with Crippen LogP contribution >= 0.6 is 0 Å². The van der Waals surface area contributed by atoms with Gasteiger partial charge in [-0.1, -0.05) is 5.79 Å². The molecule has 35 valence electrons. The lowest BCUT2D eigenvalue weighted by Crippen LogP contribution is -1.85. The van der Waals surface area contributed by atoms with Crippen LogP contribution in [0.3, 0.4) is 0 Å². The maximum atomic E-state index is 9.20. The lowest BCUT2D eigenvalue weighted by atomic mass is 11.7. The zero-order valence-electron chi connectivity index (χ0n) is 3.47. The summed E-state index contributed by atoms with van der Waals surface area (Å²) >= 11 is -0.0822. The van der Waals surface area contributed by atoms with Gasteiger partial charge in [-0.25, -0.2) is 0 Å². The van der Waals surface area contributed by atoms with Crippen molar-refractivity contribution in [2.45, 2.75) is 5.79 Å². The van der Waals surface area contributed by atoms with Crippen LogP contribution in [0.15, 0.2) is 0 Å². The number of hydrogen-bond donors (Lipinski definition) is 0. The minimum atomic E-state index is -0.0822. The highest BCUT2D eigenvalue weighted by atomic mass is 27.1. The Morgan fingerprint density at radius 2 is 2.33 bits per heavy atom. The van der Waals surface area contributed by atoms with Crippen molar-refractivity contribution in [3.63, 3.8) is 0 Å². The highest BCUT2D eigenvalue weighted by Crippen LogP contribution is 1.51. The molecular formula is C2H6AlO3. The molecule has 0 aromatic carbocycles. The van der Waals surface area contributed by atoms with Gasteiger partial charge in [-0.05, 0) is 0 Å². The number of carbonyl (C=O) groups excluding carboxylic acids is 1. The van der Waals surface area contributed by atoms with E-state index in [1.165, 1.54) is 0 Å². The van der Waals surface area contributed by atoms with Gasteiger partial charge in [0, 0.05) is 0 Å². The van der Waals surface area contributed by atoms with E-state index < -0.39 is 0 Å². The molecule has 0 aliphatic carbocycles. The van der Waals surface area contributed by atoms with E-state index in [4.69, 9.17) is 0 Å². The molecule has 0 rings (SSSR count). The quantitative estimate of drug-likeness (QED) is 0.334. The maximum absolute atomic E-state index is 9.20. The second kappa shape index (κ2) is 8.88. The van der Waals surface area contributed by atoms with E-state index in [-0.39, 0.29) is 21.0 Å². The first-order valence-electron chi connectivity index (χ1n) is 1.28. The van der Waals surface area contributed by atoms with Gasteiger partial charge in [0.2, 0.25) is 0 Å². The van der Waals surface area contributed by atoms with Crippen molar-refractivity contribution < 1.29 is 14.1 Å². The van der Waals surface area contributed by atoms with E-state index in [0.29, 0.717) is 6.47 Å². The summed E-state index contributed by atoms with van der Waals surface area (Å²) in [6, 6.07) is 0. The maximum Gasteiger partial charge on any atom is 0.521 e. The molecule has 0 aromatic heterocycles. The standard InChI is InChI=1S/CH2O2.CH3.Al.H2O/c2-1-3;;;/h1H,(H,2,3);1H3;;1H2/q;;+1;/p-1. The van der Waals surface area contributed by atoms with Crippen molar-refractivity contribution in [3.8, 4) is 0 Å². The van der Waals surface area contributed by atoms with Crippen molar-refractivity contribution in [1.29, 1.82) is 0 Å². The summed E-state index contributed by atoms with van der Waals surface area (Å²) in [5.74, 6) is 1.84.